The van der Waals surface area contributed by atoms with Gasteiger partial charge in [-0.3, -0.25) is 9.48 Å². The monoisotopic (exact) mass is 277 g/mol. The van der Waals surface area contributed by atoms with Crippen LogP contribution in [0.15, 0.2) is 6.07 Å². The molecule has 1 saturated heterocycles. The maximum Gasteiger partial charge on any atom is 0.435 e. The Morgan fingerprint density at radius 2 is 2.37 bits per heavy atom. The maximum absolute atomic E-state index is 12.5. The Balaban J connectivity index is 2.00. The zero-order chi connectivity index (χ0) is 14.0. The summed E-state index contributed by atoms with van der Waals surface area (Å²) in [6, 6.07) is 0.750. The van der Waals surface area contributed by atoms with Gasteiger partial charge in [-0.2, -0.15) is 18.3 Å². The molecule has 2 heterocycles. The highest BCUT2D eigenvalue weighted by Gasteiger charge is 2.35. The molecule has 1 unspecified atom stereocenters. The maximum atomic E-state index is 12.5. The lowest BCUT2D eigenvalue weighted by Crippen LogP contribution is -2.30. The average Bonchev–Trinajstić information content (AvgIpc) is 2.93. The van der Waals surface area contributed by atoms with Crippen molar-refractivity contribution in [2.45, 2.75) is 12.6 Å². The molecular formula is C11H14F3N3O2. The number of carbonyl (C=O) groups is 1. The normalized spacial score (nSPS) is 19.7. The number of nitrogens with one attached hydrogen (secondary N) is 1. The number of amides is 1. The zero-order valence-electron chi connectivity index (χ0n) is 10.3. The fourth-order valence-electron chi connectivity index (χ4n) is 1.89. The molecule has 1 N–H and O–H groups in total. The van der Waals surface area contributed by atoms with Crippen LogP contribution >= 0.6 is 0 Å². The second-order valence-electron chi connectivity index (χ2n) is 4.48. The summed E-state index contributed by atoms with van der Waals surface area (Å²) < 4.78 is 43.4. The second kappa shape index (κ2) is 5.20. The van der Waals surface area contributed by atoms with E-state index in [4.69, 9.17) is 4.74 Å². The molecule has 0 bridgehead atoms. The molecule has 1 aliphatic rings. The van der Waals surface area contributed by atoms with Crippen LogP contribution in [0, 0.1) is 5.92 Å². The van der Waals surface area contributed by atoms with Gasteiger partial charge in [0, 0.05) is 32.2 Å². The number of halogens is 3. The van der Waals surface area contributed by atoms with Crippen LogP contribution in [0.25, 0.3) is 0 Å². The summed E-state index contributed by atoms with van der Waals surface area (Å²) in [6.07, 6.45) is -3.70. The van der Waals surface area contributed by atoms with Crippen LogP contribution in [0.5, 0.6) is 0 Å². The van der Waals surface area contributed by atoms with E-state index < -0.39 is 17.8 Å². The predicted octanol–water partition coefficient (Wildman–Crippen LogP) is 1.21. The van der Waals surface area contributed by atoms with Crippen LogP contribution in [0.2, 0.25) is 0 Å². The fraction of sp³-hybridized carbons (Fsp3) is 0.636. The summed E-state index contributed by atoms with van der Waals surface area (Å²) >= 11 is 0. The summed E-state index contributed by atoms with van der Waals surface area (Å²) in [4.78, 5) is 11.8. The van der Waals surface area contributed by atoms with Crippen LogP contribution in [0.1, 0.15) is 22.6 Å². The molecule has 2 rings (SSSR count). The summed E-state index contributed by atoms with van der Waals surface area (Å²) in [5.41, 5.74) is -1.17. The van der Waals surface area contributed by atoms with E-state index in [1.54, 1.807) is 0 Å². The first kappa shape index (κ1) is 13.9. The molecule has 0 spiro atoms. The number of ether oxygens (including phenoxy) is 1. The van der Waals surface area contributed by atoms with Gasteiger partial charge in [0.2, 0.25) is 0 Å². The summed E-state index contributed by atoms with van der Waals surface area (Å²) in [6.45, 7) is 1.62. The third kappa shape index (κ3) is 3.25. The van der Waals surface area contributed by atoms with Gasteiger partial charge in [-0.1, -0.05) is 0 Å². The molecule has 1 aliphatic heterocycles. The van der Waals surface area contributed by atoms with Gasteiger partial charge in [0.15, 0.2) is 5.69 Å². The van der Waals surface area contributed by atoms with Crippen molar-refractivity contribution in [2.75, 3.05) is 19.8 Å². The van der Waals surface area contributed by atoms with Gasteiger partial charge >= 0.3 is 6.18 Å². The van der Waals surface area contributed by atoms with Crippen molar-refractivity contribution in [3.8, 4) is 0 Å². The second-order valence-corrected chi connectivity index (χ2v) is 4.48. The van der Waals surface area contributed by atoms with Crippen LogP contribution in [0.4, 0.5) is 13.2 Å². The molecule has 1 fully saturated rings. The molecular weight excluding hydrogens is 263 g/mol. The van der Waals surface area contributed by atoms with E-state index in [0.29, 0.717) is 19.8 Å². The van der Waals surface area contributed by atoms with Crippen LogP contribution in [-0.2, 0) is 18.0 Å². The molecule has 19 heavy (non-hydrogen) atoms. The predicted molar refractivity (Wildman–Crippen MR) is 59.5 cm³/mol. The fourth-order valence-corrected chi connectivity index (χ4v) is 1.89. The number of aromatic nitrogens is 2. The Bertz CT molecular complexity index is 464. The van der Waals surface area contributed by atoms with Gasteiger partial charge in [-0.15, -0.1) is 0 Å². The number of hydrogen-bond donors (Lipinski definition) is 1. The van der Waals surface area contributed by atoms with Crippen molar-refractivity contribution in [2.24, 2.45) is 13.0 Å². The third-order valence-corrected chi connectivity index (χ3v) is 2.98. The number of carbonyl (C=O) groups excluding carboxylic acids is 1. The number of aryl methyl sites for hydroxylation is 1. The van der Waals surface area contributed by atoms with E-state index in [0.717, 1.165) is 17.2 Å². The van der Waals surface area contributed by atoms with Gasteiger partial charge in [0.1, 0.15) is 5.69 Å². The third-order valence-electron chi connectivity index (χ3n) is 2.98. The molecule has 1 aromatic rings. The SMILES string of the molecule is Cn1nc(C(F)(F)F)cc1C(=O)NCC1CCOC1. The Morgan fingerprint density at radius 3 is 2.89 bits per heavy atom. The number of hydrogen-bond acceptors (Lipinski definition) is 3. The first-order valence-electron chi connectivity index (χ1n) is 5.85. The topological polar surface area (TPSA) is 56.2 Å². The van der Waals surface area contributed by atoms with E-state index in [1.165, 1.54) is 7.05 Å². The van der Waals surface area contributed by atoms with Gasteiger partial charge in [0.05, 0.1) is 6.61 Å². The highest BCUT2D eigenvalue weighted by molar-refractivity contribution is 5.92. The molecule has 0 aliphatic carbocycles. The molecule has 0 saturated carbocycles. The Kier molecular flexibility index (Phi) is 3.79. The standard InChI is InChI=1S/C11H14F3N3O2/c1-17-8(4-9(16-17)11(12,13)14)10(18)15-5-7-2-3-19-6-7/h4,7H,2-3,5-6H2,1H3,(H,15,18). The summed E-state index contributed by atoms with van der Waals surface area (Å²) in [7, 11) is 1.31. The minimum Gasteiger partial charge on any atom is -0.381 e. The molecule has 1 atom stereocenters. The highest BCUT2D eigenvalue weighted by atomic mass is 19.4. The Hall–Kier alpha value is -1.57. The molecule has 1 amide bonds. The van der Waals surface area contributed by atoms with Crippen molar-refractivity contribution >= 4 is 5.91 Å². The lowest BCUT2D eigenvalue weighted by Gasteiger charge is -2.09. The first-order chi connectivity index (χ1) is 8.88. The quantitative estimate of drug-likeness (QED) is 0.903. The van der Waals surface area contributed by atoms with E-state index in [2.05, 4.69) is 10.4 Å². The lowest BCUT2D eigenvalue weighted by atomic mass is 10.1. The van der Waals surface area contributed by atoms with Gasteiger partial charge in [0.25, 0.3) is 5.91 Å². The first-order valence-corrected chi connectivity index (χ1v) is 5.85. The van der Waals surface area contributed by atoms with Crippen molar-refractivity contribution in [1.29, 1.82) is 0 Å². The Labute approximate surface area is 107 Å². The molecule has 1 aromatic heterocycles. The largest absolute Gasteiger partial charge is 0.435 e. The molecule has 5 nitrogen and oxygen atoms in total. The molecule has 0 radical (unpaired) electrons. The highest BCUT2D eigenvalue weighted by Crippen LogP contribution is 2.28. The number of alkyl halides is 3. The van der Waals surface area contributed by atoms with Gasteiger partial charge in [-0.25, -0.2) is 0 Å². The molecule has 0 aromatic carbocycles. The number of rotatable bonds is 3. The number of nitrogens with zero attached hydrogens (tertiary/aromatic N) is 2. The average molecular weight is 277 g/mol. The van der Waals surface area contributed by atoms with Gasteiger partial charge in [-0.05, 0) is 6.42 Å². The van der Waals surface area contributed by atoms with E-state index in [9.17, 15) is 18.0 Å². The van der Waals surface area contributed by atoms with Crippen molar-refractivity contribution in [3.63, 3.8) is 0 Å². The summed E-state index contributed by atoms with van der Waals surface area (Å²) in [5.74, 6) is -0.336. The minimum absolute atomic E-state index is 0.105. The van der Waals surface area contributed by atoms with Crippen molar-refractivity contribution in [3.05, 3.63) is 17.5 Å². The smallest absolute Gasteiger partial charge is 0.381 e. The van der Waals surface area contributed by atoms with Crippen molar-refractivity contribution < 1.29 is 22.7 Å². The lowest BCUT2D eigenvalue weighted by molar-refractivity contribution is -0.141. The summed E-state index contributed by atoms with van der Waals surface area (Å²) in [5, 5.41) is 5.89. The van der Waals surface area contributed by atoms with Crippen LogP contribution in [0.3, 0.4) is 0 Å². The zero-order valence-corrected chi connectivity index (χ0v) is 10.3. The van der Waals surface area contributed by atoms with Crippen LogP contribution in [-0.4, -0.2) is 35.4 Å². The van der Waals surface area contributed by atoms with E-state index in [1.807, 2.05) is 0 Å². The van der Waals surface area contributed by atoms with Crippen molar-refractivity contribution in [1.82, 2.24) is 15.1 Å². The van der Waals surface area contributed by atoms with Gasteiger partial charge < -0.3 is 10.1 Å². The van der Waals surface area contributed by atoms with E-state index in [-0.39, 0.29) is 11.6 Å². The van der Waals surface area contributed by atoms with E-state index >= 15 is 0 Å². The molecule has 106 valence electrons. The minimum atomic E-state index is -4.55. The molecule has 8 heteroatoms. The Morgan fingerprint density at radius 1 is 1.63 bits per heavy atom. The van der Waals surface area contributed by atoms with Crippen LogP contribution < -0.4 is 5.32 Å².